The summed E-state index contributed by atoms with van der Waals surface area (Å²) in [6.07, 6.45) is 3.04. The fourth-order valence-electron chi connectivity index (χ4n) is 2.35. The molecule has 98 valence electrons. The average Bonchev–Trinajstić information content (AvgIpc) is 2.45. The second-order valence-electron chi connectivity index (χ2n) is 4.64. The molecule has 1 aromatic rings. The molecular formula is C14H20N2O2. The summed E-state index contributed by atoms with van der Waals surface area (Å²) in [5.74, 6) is 0.0672. The Morgan fingerprint density at radius 3 is 2.83 bits per heavy atom. The predicted octanol–water partition coefficient (Wildman–Crippen LogP) is 1.47. The van der Waals surface area contributed by atoms with E-state index >= 15 is 0 Å². The lowest BCUT2D eigenvalue weighted by molar-refractivity contribution is -0.133. The average molecular weight is 248 g/mol. The lowest BCUT2D eigenvalue weighted by Crippen LogP contribution is -2.47. The number of hydrogen-bond acceptors (Lipinski definition) is 3. The van der Waals surface area contributed by atoms with E-state index in [1.807, 2.05) is 30.3 Å². The zero-order valence-corrected chi connectivity index (χ0v) is 10.5. The predicted molar refractivity (Wildman–Crippen MR) is 71.4 cm³/mol. The smallest absolute Gasteiger partial charge is 0.242 e. The first-order valence-electron chi connectivity index (χ1n) is 6.50. The van der Waals surface area contributed by atoms with Crippen molar-refractivity contribution in [3.8, 4) is 0 Å². The van der Waals surface area contributed by atoms with E-state index in [9.17, 15) is 9.90 Å². The number of rotatable bonds is 4. The summed E-state index contributed by atoms with van der Waals surface area (Å²) < 4.78 is 0. The highest BCUT2D eigenvalue weighted by Crippen LogP contribution is 2.16. The number of hydrogen-bond donors (Lipinski definition) is 2. The molecule has 0 radical (unpaired) electrons. The summed E-state index contributed by atoms with van der Waals surface area (Å²) in [5.41, 5.74) is 0.948. The Hall–Kier alpha value is -1.55. The summed E-state index contributed by atoms with van der Waals surface area (Å²) >= 11 is 0. The maximum Gasteiger partial charge on any atom is 0.242 e. The third kappa shape index (κ3) is 3.23. The van der Waals surface area contributed by atoms with Crippen molar-refractivity contribution in [1.82, 2.24) is 4.90 Å². The van der Waals surface area contributed by atoms with E-state index in [2.05, 4.69) is 5.32 Å². The highest BCUT2D eigenvalue weighted by molar-refractivity contribution is 5.81. The first-order chi connectivity index (χ1) is 8.81. The van der Waals surface area contributed by atoms with E-state index in [4.69, 9.17) is 0 Å². The van der Waals surface area contributed by atoms with Crippen LogP contribution in [0.4, 0.5) is 5.69 Å². The monoisotopic (exact) mass is 248 g/mol. The molecule has 0 aliphatic carbocycles. The summed E-state index contributed by atoms with van der Waals surface area (Å²) in [7, 11) is 0. The molecule has 1 unspecified atom stereocenters. The molecule has 2 N–H and O–H groups in total. The number of aliphatic hydroxyl groups is 1. The van der Waals surface area contributed by atoms with Gasteiger partial charge in [-0.05, 0) is 31.4 Å². The SMILES string of the molecule is O=C(CNc1ccccc1)N1CCCCC1CO. The van der Waals surface area contributed by atoms with E-state index in [1.54, 1.807) is 4.90 Å². The minimum atomic E-state index is 0.00354. The van der Waals surface area contributed by atoms with E-state index in [0.717, 1.165) is 31.5 Å². The molecule has 18 heavy (non-hydrogen) atoms. The molecule has 0 bridgehead atoms. The number of carbonyl (C=O) groups is 1. The Kier molecular flexibility index (Phi) is 4.59. The molecule has 1 aliphatic rings. The third-order valence-corrected chi connectivity index (χ3v) is 3.38. The molecule has 4 heteroatoms. The van der Waals surface area contributed by atoms with Crippen LogP contribution < -0.4 is 5.32 Å². The molecule has 4 nitrogen and oxygen atoms in total. The van der Waals surface area contributed by atoms with Gasteiger partial charge in [-0.25, -0.2) is 0 Å². The number of aliphatic hydroxyl groups excluding tert-OH is 1. The molecule has 0 aromatic heterocycles. The van der Waals surface area contributed by atoms with Crippen molar-refractivity contribution in [2.45, 2.75) is 25.3 Å². The van der Waals surface area contributed by atoms with Crippen LogP contribution in [-0.4, -0.2) is 41.7 Å². The molecule has 2 rings (SSSR count). The Labute approximate surface area is 108 Å². The maximum absolute atomic E-state index is 12.1. The van der Waals surface area contributed by atoms with Gasteiger partial charge in [-0.3, -0.25) is 4.79 Å². The molecule has 1 atom stereocenters. The van der Waals surface area contributed by atoms with E-state index in [1.165, 1.54) is 0 Å². The molecule has 1 aliphatic heterocycles. The van der Waals surface area contributed by atoms with Crippen molar-refractivity contribution >= 4 is 11.6 Å². The van der Waals surface area contributed by atoms with Gasteiger partial charge in [0.25, 0.3) is 0 Å². The first-order valence-corrected chi connectivity index (χ1v) is 6.50. The summed E-state index contributed by atoms with van der Waals surface area (Å²) in [6, 6.07) is 9.69. The topological polar surface area (TPSA) is 52.6 Å². The Morgan fingerprint density at radius 2 is 2.11 bits per heavy atom. The van der Waals surface area contributed by atoms with Crippen molar-refractivity contribution in [2.75, 3.05) is 25.0 Å². The van der Waals surface area contributed by atoms with Crippen LogP contribution in [0.5, 0.6) is 0 Å². The van der Waals surface area contributed by atoms with Crippen LogP contribution in [0, 0.1) is 0 Å². The molecule has 1 saturated heterocycles. The highest BCUT2D eigenvalue weighted by Gasteiger charge is 2.25. The van der Waals surface area contributed by atoms with Gasteiger partial charge in [0.1, 0.15) is 0 Å². The van der Waals surface area contributed by atoms with Gasteiger partial charge in [-0.1, -0.05) is 18.2 Å². The van der Waals surface area contributed by atoms with Gasteiger partial charge >= 0.3 is 0 Å². The van der Waals surface area contributed by atoms with Crippen LogP contribution in [0.1, 0.15) is 19.3 Å². The van der Waals surface area contributed by atoms with Crippen LogP contribution in [-0.2, 0) is 4.79 Å². The quantitative estimate of drug-likeness (QED) is 0.848. The van der Waals surface area contributed by atoms with Crippen LogP contribution in [0.25, 0.3) is 0 Å². The standard InChI is InChI=1S/C14H20N2O2/c17-11-13-8-4-5-9-16(13)14(18)10-15-12-6-2-1-3-7-12/h1-3,6-7,13,15,17H,4-5,8-11H2. The van der Waals surface area contributed by atoms with Crippen LogP contribution in [0.2, 0.25) is 0 Å². The van der Waals surface area contributed by atoms with Gasteiger partial charge in [0.15, 0.2) is 0 Å². The van der Waals surface area contributed by atoms with Crippen molar-refractivity contribution in [3.63, 3.8) is 0 Å². The number of carbonyl (C=O) groups excluding carboxylic acids is 1. The van der Waals surface area contributed by atoms with E-state index in [0.29, 0.717) is 6.54 Å². The fraction of sp³-hybridized carbons (Fsp3) is 0.500. The fourth-order valence-corrected chi connectivity index (χ4v) is 2.35. The number of nitrogens with one attached hydrogen (secondary N) is 1. The Balaban J connectivity index is 1.87. The van der Waals surface area contributed by atoms with Crippen LogP contribution in [0.3, 0.4) is 0 Å². The number of anilines is 1. The molecule has 1 fully saturated rings. The largest absolute Gasteiger partial charge is 0.394 e. The zero-order valence-electron chi connectivity index (χ0n) is 10.5. The zero-order chi connectivity index (χ0) is 12.8. The van der Waals surface area contributed by atoms with Crippen molar-refractivity contribution < 1.29 is 9.90 Å². The molecule has 1 aromatic carbocycles. The number of piperidine rings is 1. The minimum absolute atomic E-state index is 0.00354. The Bertz CT molecular complexity index is 381. The lowest BCUT2D eigenvalue weighted by Gasteiger charge is -2.34. The highest BCUT2D eigenvalue weighted by atomic mass is 16.3. The van der Waals surface area contributed by atoms with Crippen molar-refractivity contribution in [2.24, 2.45) is 0 Å². The van der Waals surface area contributed by atoms with Crippen molar-refractivity contribution in [1.29, 1.82) is 0 Å². The van der Waals surface area contributed by atoms with Gasteiger partial charge in [0, 0.05) is 12.2 Å². The van der Waals surface area contributed by atoms with Gasteiger partial charge in [0.05, 0.1) is 19.2 Å². The second-order valence-corrected chi connectivity index (χ2v) is 4.64. The molecule has 0 spiro atoms. The number of benzene rings is 1. The number of para-hydroxylation sites is 1. The molecule has 0 saturated carbocycles. The van der Waals surface area contributed by atoms with Crippen LogP contribution in [0.15, 0.2) is 30.3 Å². The maximum atomic E-state index is 12.1. The van der Waals surface area contributed by atoms with Gasteiger partial charge in [-0.2, -0.15) is 0 Å². The summed E-state index contributed by atoms with van der Waals surface area (Å²) in [6.45, 7) is 1.12. The van der Waals surface area contributed by atoms with Gasteiger partial charge in [0.2, 0.25) is 5.91 Å². The van der Waals surface area contributed by atoms with Crippen molar-refractivity contribution in [3.05, 3.63) is 30.3 Å². The van der Waals surface area contributed by atoms with Gasteiger partial charge < -0.3 is 15.3 Å². The number of nitrogens with zero attached hydrogens (tertiary/aromatic N) is 1. The molecular weight excluding hydrogens is 228 g/mol. The molecule has 1 amide bonds. The second kappa shape index (κ2) is 6.40. The number of likely N-dealkylation sites (tertiary alicyclic amines) is 1. The lowest BCUT2D eigenvalue weighted by atomic mass is 10.0. The third-order valence-electron chi connectivity index (χ3n) is 3.38. The van der Waals surface area contributed by atoms with E-state index in [-0.39, 0.29) is 18.6 Å². The van der Waals surface area contributed by atoms with Gasteiger partial charge in [-0.15, -0.1) is 0 Å². The van der Waals surface area contributed by atoms with Crippen LogP contribution >= 0.6 is 0 Å². The summed E-state index contributed by atoms with van der Waals surface area (Å²) in [4.78, 5) is 13.9. The molecule has 1 heterocycles. The number of amides is 1. The normalized spacial score (nSPS) is 19.6. The summed E-state index contributed by atoms with van der Waals surface area (Å²) in [5, 5.41) is 12.4. The Morgan fingerprint density at radius 1 is 1.33 bits per heavy atom. The first kappa shape index (κ1) is 12.9. The van der Waals surface area contributed by atoms with E-state index < -0.39 is 0 Å². The minimum Gasteiger partial charge on any atom is -0.394 e.